The van der Waals surface area contributed by atoms with Crippen LogP contribution < -0.4 is 14.4 Å². The van der Waals surface area contributed by atoms with Crippen molar-refractivity contribution < 1.29 is 19.1 Å². The Balaban J connectivity index is 1.60. The van der Waals surface area contributed by atoms with Crippen LogP contribution >= 0.6 is 46.6 Å². The van der Waals surface area contributed by atoms with E-state index in [9.17, 15) is 9.59 Å². The molecule has 1 heterocycles. The van der Waals surface area contributed by atoms with Crippen molar-refractivity contribution in [3.05, 3.63) is 91.8 Å². The summed E-state index contributed by atoms with van der Waals surface area (Å²) >= 11 is 19.5. The number of para-hydroxylation sites is 1. The Morgan fingerprint density at radius 3 is 2.38 bits per heavy atom. The lowest BCUT2D eigenvalue weighted by Crippen LogP contribution is -2.27. The van der Waals surface area contributed by atoms with Gasteiger partial charge in [-0.05, 0) is 72.3 Å². The van der Waals surface area contributed by atoms with Gasteiger partial charge >= 0.3 is 0 Å². The number of benzene rings is 3. The predicted octanol–water partition coefficient (Wildman–Crippen LogP) is 7.87. The number of hydrogen-bond acceptors (Lipinski definition) is 5. The van der Waals surface area contributed by atoms with Gasteiger partial charge in [0.2, 0.25) is 0 Å². The minimum Gasteiger partial charge on any atom is -0.490 e. The van der Waals surface area contributed by atoms with E-state index in [1.165, 1.54) is 0 Å². The van der Waals surface area contributed by atoms with Gasteiger partial charge in [-0.15, -0.1) is 0 Å². The average molecular weight is 535 g/mol. The Kier molecular flexibility index (Phi) is 7.73. The van der Waals surface area contributed by atoms with Crippen molar-refractivity contribution in [2.45, 2.75) is 13.5 Å². The van der Waals surface area contributed by atoms with Crippen molar-refractivity contribution in [2.75, 3.05) is 11.5 Å². The summed E-state index contributed by atoms with van der Waals surface area (Å²) in [6.07, 6.45) is 1.60. The molecule has 1 saturated heterocycles. The predicted molar refractivity (Wildman–Crippen MR) is 138 cm³/mol. The molecule has 3 aromatic rings. The zero-order valence-corrected chi connectivity index (χ0v) is 21.0. The zero-order chi connectivity index (χ0) is 24.2. The summed E-state index contributed by atoms with van der Waals surface area (Å²) in [5, 5.41) is 0.842. The van der Waals surface area contributed by atoms with Gasteiger partial charge in [0.25, 0.3) is 11.1 Å². The van der Waals surface area contributed by atoms with E-state index in [1.807, 2.05) is 19.1 Å². The van der Waals surface area contributed by atoms with E-state index >= 15 is 0 Å². The Bertz CT molecular complexity index is 1280. The van der Waals surface area contributed by atoms with E-state index < -0.39 is 11.1 Å². The van der Waals surface area contributed by atoms with Crippen LogP contribution in [0, 0.1) is 0 Å². The van der Waals surface area contributed by atoms with E-state index in [1.54, 1.807) is 54.6 Å². The first-order valence-electron chi connectivity index (χ1n) is 10.2. The summed E-state index contributed by atoms with van der Waals surface area (Å²) < 4.78 is 11.7. The first kappa shape index (κ1) is 24.5. The molecule has 1 aliphatic heterocycles. The maximum atomic E-state index is 13.0. The van der Waals surface area contributed by atoms with Crippen molar-refractivity contribution in [1.82, 2.24) is 0 Å². The molecular formula is C25H18Cl3NO4S. The second-order valence-corrected chi connectivity index (χ2v) is 9.39. The van der Waals surface area contributed by atoms with Crippen LogP contribution in [0.4, 0.5) is 10.5 Å². The van der Waals surface area contributed by atoms with Gasteiger partial charge in [0, 0.05) is 5.02 Å². The number of hydrogen-bond donors (Lipinski definition) is 0. The van der Waals surface area contributed by atoms with E-state index in [2.05, 4.69) is 0 Å². The molecule has 1 aliphatic rings. The van der Waals surface area contributed by atoms with E-state index in [4.69, 9.17) is 44.3 Å². The molecule has 0 atom stereocenters. The molecule has 4 rings (SSSR count). The van der Waals surface area contributed by atoms with Crippen LogP contribution in [0.2, 0.25) is 15.1 Å². The highest BCUT2D eigenvalue weighted by molar-refractivity contribution is 8.19. The molecule has 2 amide bonds. The molecule has 174 valence electrons. The molecule has 5 nitrogen and oxygen atoms in total. The van der Waals surface area contributed by atoms with Crippen LogP contribution in [0.1, 0.15) is 18.1 Å². The molecule has 34 heavy (non-hydrogen) atoms. The molecule has 0 saturated carbocycles. The van der Waals surface area contributed by atoms with Crippen molar-refractivity contribution in [3.8, 4) is 11.5 Å². The molecule has 0 spiro atoms. The van der Waals surface area contributed by atoms with Gasteiger partial charge in [0.1, 0.15) is 6.61 Å². The number of anilines is 1. The fourth-order valence-electron chi connectivity index (χ4n) is 3.27. The number of thioether (sulfide) groups is 1. The highest BCUT2D eigenvalue weighted by Gasteiger charge is 2.37. The largest absolute Gasteiger partial charge is 0.490 e. The quantitative estimate of drug-likeness (QED) is 0.289. The number of carbonyl (C=O) groups excluding carboxylic acids is 2. The van der Waals surface area contributed by atoms with Gasteiger partial charge in [-0.1, -0.05) is 59.1 Å². The van der Waals surface area contributed by atoms with Crippen molar-refractivity contribution >= 4 is 69.5 Å². The summed E-state index contributed by atoms with van der Waals surface area (Å²) in [7, 11) is 0. The van der Waals surface area contributed by atoms with Crippen LogP contribution in [0.15, 0.2) is 65.6 Å². The van der Waals surface area contributed by atoms with E-state index in [-0.39, 0.29) is 11.5 Å². The standard InChI is InChI=1S/C25H18Cl3NO4S/c1-2-32-21-12-16(11-19(28)23(21)33-14-15-7-9-17(26)10-8-15)13-22-24(30)29(25(31)34-22)20-6-4-3-5-18(20)27/h3-13H,2,14H2,1H3/b22-13-. The molecule has 0 unspecified atom stereocenters. The Hall–Kier alpha value is -2.64. The number of amides is 2. The van der Waals surface area contributed by atoms with Crippen molar-refractivity contribution in [1.29, 1.82) is 0 Å². The lowest BCUT2D eigenvalue weighted by Gasteiger charge is -2.15. The van der Waals surface area contributed by atoms with Gasteiger partial charge < -0.3 is 9.47 Å². The number of ether oxygens (including phenoxy) is 2. The van der Waals surface area contributed by atoms with E-state index in [0.29, 0.717) is 44.4 Å². The molecular weight excluding hydrogens is 517 g/mol. The summed E-state index contributed by atoms with van der Waals surface area (Å²) in [6.45, 7) is 2.51. The molecule has 3 aromatic carbocycles. The maximum Gasteiger partial charge on any atom is 0.298 e. The third kappa shape index (κ3) is 5.36. The fourth-order valence-corrected chi connectivity index (χ4v) is 4.72. The lowest BCUT2D eigenvalue weighted by atomic mass is 10.1. The van der Waals surface area contributed by atoms with Crippen LogP contribution in [0.25, 0.3) is 6.08 Å². The van der Waals surface area contributed by atoms with Crippen LogP contribution in [0.5, 0.6) is 11.5 Å². The number of imide groups is 1. The van der Waals surface area contributed by atoms with Crippen LogP contribution in [-0.2, 0) is 11.4 Å². The SMILES string of the molecule is CCOc1cc(/C=C2\SC(=O)N(c3ccccc3Cl)C2=O)cc(Cl)c1OCc1ccc(Cl)cc1. The molecule has 0 bridgehead atoms. The molecule has 0 N–H and O–H groups in total. The number of halogens is 3. The van der Waals surface area contributed by atoms with Gasteiger partial charge in [-0.25, -0.2) is 4.90 Å². The average Bonchev–Trinajstić information content (AvgIpc) is 3.07. The molecule has 0 radical (unpaired) electrons. The normalized spacial score (nSPS) is 14.7. The summed E-state index contributed by atoms with van der Waals surface area (Å²) in [5.41, 5.74) is 1.85. The fraction of sp³-hybridized carbons (Fsp3) is 0.120. The Morgan fingerprint density at radius 2 is 1.68 bits per heavy atom. The number of rotatable bonds is 7. The summed E-state index contributed by atoms with van der Waals surface area (Å²) in [6, 6.07) is 17.4. The minimum absolute atomic E-state index is 0.248. The highest BCUT2D eigenvalue weighted by Crippen LogP contribution is 2.41. The summed E-state index contributed by atoms with van der Waals surface area (Å²) in [5.74, 6) is 0.362. The van der Waals surface area contributed by atoms with Gasteiger partial charge in [0.05, 0.1) is 27.2 Å². The number of carbonyl (C=O) groups is 2. The van der Waals surface area contributed by atoms with Crippen molar-refractivity contribution in [3.63, 3.8) is 0 Å². The first-order valence-corrected chi connectivity index (χ1v) is 12.2. The molecule has 0 aliphatic carbocycles. The Labute approximate surface area is 216 Å². The second kappa shape index (κ2) is 10.7. The van der Waals surface area contributed by atoms with Crippen LogP contribution in [-0.4, -0.2) is 17.8 Å². The third-order valence-electron chi connectivity index (χ3n) is 4.81. The lowest BCUT2D eigenvalue weighted by molar-refractivity contribution is -0.113. The van der Waals surface area contributed by atoms with Gasteiger partial charge in [-0.3, -0.25) is 9.59 Å². The van der Waals surface area contributed by atoms with Gasteiger partial charge in [-0.2, -0.15) is 0 Å². The minimum atomic E-state index is -0.458. The smallest absolute Gasteiger partial charge is 0.298 e. The second-order valence-electron chi connectivity index (χ2n) is 7.15. The molecule has 0 aromatic heterocycles. The maximum absolute atomic E-state index is 13.0. The van der Waals surface area contributed by atoms with Gasteiger partial charge in [0.15, 0.2) is 11.5 Å². The zero-order valence-electron chi connectivity index (χ0n) is 17.9. The van der Waals surface area contributed by atoms with Crippen molar-refractivity contribution in [2.24, 2.45) is 0 Å². The summed E-state index contributed by atoms with van der Waals surface area (Å²) in [4.78, 5) is 26.8. The van der Waals surface area contributed by atoms with Crippen LogP contribution in [0.3, 0.4) is 0 Å². The first-order chi connectivity index (χ1) is 16.4. The topological polar surface area (TPSA) is 55.8 Å². The monoisotopic (exact) mass is 533 g/mol. The van der Waals surface area contributed by atoms with E-state index in [0.717, 1.165) is 22.2 Å². The number of nitrogens with zero attached hydrogens (tertiary/aromatic N) is 1. The molecule has 1 fully saturated rings. The third-order valence-corrected chi connectivity index (χ3v) is 6.53. The highest BCUT2D eigenvalue weighted by atomic mass is 35.5. The molecule has 9 heteroatoms. The Morgan fingerprint density at radius 1 is 0.941 bits per heavy atom.